The van der Waals surface area contributed by atoms with Gasteiger partial charge in [0.15, 0.2) is 0 Å². The molecule has 1 aliphatic carbocycles. The molecule has 0 aromatic carbocycles. The number of thioether (sulfide) groups is 1. The molecule has 0 radical (unpaired) electrons. The summed E-state index contributed by atoms with van der Waals surface area (Å²) in [6.07, 6.45) is 0.647. The van der Waals surface area contributed by atoms with E-state index in [4.69, 9.17) is 5.11 Å². The molecule has 114 valence electrons. The summed E-state index contributed by atoms with van der Waals surface area (Å²) in [5.41, 5.74) is 0. The van der Waals surface area contributed by atoms with Crippen molar-refractivity contribution in [2.75, 3.05) is 12.4 Å². The van der Waals surface area contributed by atoms with E-state index in [2.05, 4.69) is 4.74 Å². The van der Waals surface area contributed by atoms with Crippen molar-refractivity contribution in [2.45, 2.75) is 31.2 Å². The molecule has 1 aliphatic heterocycles. The molecule has 2 atom stereocenters. The Hall–Kier alpha value is -1.00. The third-order valence-electron chi connectivity index (χ3n) is 3.06. The first-order chi connectivity index (χ1) is 9.36. The minimum Gasteiger partial charge on any atom is -0.480 e. The normalized spacial score (nSPS) is 27.2. The number of aliphatic carboxylic acids is 1. The molecule has 2 aliphatic rings. The van der Waals surface area contributed by atoms with Gasteiger partial charge in [0.2, 0.25) is 0 Å². The number of rotatable bonds is 5. The zero-order chi connectivity index (χ0) is 14.9. The number of hydrogen-bond acceptors (Lipinski definition) is 6. The lowest BCUT2D eigenvalue weighted by molar-refractivity contribution is -0.140. The Morgan fingerprint density at radius 1 is 1.45 bits per heavy atom. The van der Waals surface area contributed by atoms with Crippen molar-refractivity contribution in [3.8, 4) is 0 Å². The van der Waals surface area contributed by atoms with E-state index in [0.717, 1.165) is 17.1 Å². The summed E-state index contributed by atoms with van der Waals surface area (Å²) in [5, 5.41) is 8.71. The lowest BCUT2D eigenvalue weighted by Gasteiger charge is -2.25. The Morgan fingerprint density at radius 2 is 2.10 bits per heavy atom. The van der Waals surface area contributed by atoms with Crippen LogP contribution in [-0.4, -0.2) is 53.7 Å². The van der Waals surface area contributed by atoms with Gasteiger partial charge in [0.25, 0.3) is 0 Å². The van der Waals surface area contributed by atoms with Crippen molar-refractivity contribution in [3.63, 3.8) is 0 Å². The molecule has 1 heterocycles. The average Bonchev–Trinajstić information content (AvgIpc) is 3.06. The van der Waals surface area contributed by atoms with Crippen molar-refractivity contribution in [1.29, 1.82) is 0 Å². The van der Waals surface area contributed by atoms with Crippen LogP contribution in [0.3, 0.4) is 0 Å². The first-order valence-corrected chi connectivity index (χ1v) is 8.68. The Kier molecular flexibility index (Phi) is 4.45. The van der Waals surface area contributed by atoms with E-state index < -0.39 is 33.7 Å². The van der Waals surface area contributed by atoms with Crippen LogP contribution in [0.15, 0.2) is 0 Å². The Bertz CT molecular complexity index is 504. The third-order valence-corrected chi connectivity index (χ3v) is 6.11. The summed E-state index contributed by atoms with van der Waals surface area (Å²) in [6.45, 7) is 1.58. The van der Waals surface area contributed by atoms with E-state index in [9.17, 15) is 18.0 Å². The highest BCUT2D eigenvalue weighted by molar-refractivity contribution is 8.01. The van der Waals surface area contributed by atoms with E-state index in [1.54, 1.807) is 11.6 Å². The number of carboxylic acid groups (broad SMARTS) is 1. The fraction of sp³-hybridized carbons (Fsp3) is 0.800. The van der Waals surface area contributed by atoms with Crippen molar-refractivity contribution < 1.29 is 27.9 Å². The lowest BCUT2D eigenvalue weighted by atomic mass is 10.3. The quantitative estimate of drug-likeness (QED) is 0.743. The zero-order valence-electron chi connectivity index (χ0n) is 10.8. The molecule has 2 N–H and O–H groups in total. The summed E-state index contributed by atoms with van der Waals surface area (Å²) in [6, 6.07) is -1.16. The Balaban J connectivity index is 2.19. The minimum atomic E-state index is -4.22. The van der Waals surface area contributed by atoms with Crippen molar-refractivity contribution in [3.05, 3.63) is 0 Å². The highest BCUT2D eigenvalue weighted by atomic mass is 32.2. The first kappa shape index (κ1) is 15.4. The SMILES string of the molecule is CCOC(=O)NS(=O)(=O)N1C(C(=O)O)CSC1C1CC1. The molecule has 0 spiro atoms. The van der Waals surface area contributed by atoms with Crippen LogP contribution >= 0.6 is 11.8 Å². The topological polar surface area (TPSA) is 113 Å². The van der Waals surface area contributed by atoms with Crippen LogP contribution in [0.4, 0.5) is 4.79 Å². The number of ether oxygens (including phenoxy) is 1. The van der Waals surface area contributed by atoms with Gasteiger partial charge in [-0.3, -0.25) is 4.79 Å². The molecule has 2 fully saturated rings. The molecule has 0 aromatic rings. The fourth-order valence-electron chi connectivity index (χ4n) is 2.04. The van der Waals surface area contributed by atoms with Gasteiger partial charge in [-0.1, -0.05) is 0 Å². The predicted octanol–water partition coefficient (Wildman–Crippen LogP) is 0.215. The molecule has 2 unspecified atom stereocenters. The molecule has 0 aromatic heterocycles. The summed E-state index contributed by atoms with van der Waals surface area (Å²) in [4.78, 5) is 22.5. The number of nitrogens with one attached hydrogen (secondary N) is 1. The van der Waals surface area contributed by atoms with Crippen LogP contribution < -0.4 is 4.72 Å². The molecule has 0 bridgehead atoms. The highest BCUT2D eigenvalue weighted by Crippen LogP contribution is 2.46. The number of carboxylic acids is 1. The van der Waals surface area contributed by atoms with Gasteiger partial charge in [-0.2, -0.15) is 12.7 Å². The standard InChI is InChI=1S/C10H16N2O6S2/c1-2-18-10(15)11-20(16,17)12-7(9(13)14)5-19-8(12)6-3-4-6/h6-8H,2-5H2,1H3,(H,11,15)(H,13,14). The van der Waals surface area contributed by atoms with Gasteiger partial charge >= 0.3 is 22.3 Å². The molecule has 10 heteroatoms. The monoisotopic (exact) mass is 324 g/mol. The average molecular weight is 324 g/mol. The molecule has 1 saturated carbocycles. The maximum absolute atomic E-state index is 12.2. The minimum absolute atomic E-state index is 0.0323. The van der Waals surface area contributed by atoms with Gasteiger partial charge in [-0.25, -0.2) is 9.52 Å². The molecular formula is C10H16N2O6S2. The molecule has 1 saturated heterocycles. The van der Waals surface area contributed by atoms with Gasteiger partial charge < -0.3 is 9.84 Å². The second kappa shape index (κ2) is 5.78. The Labute approximate surface area is 121 Å². The summed E-state index contributed by atoms with van der Waals surface area (Å²) in [5.74, 6) is -0.877. The van der Waals surface area contributed by atoms with Gasteiger partial charge in [0.05, 0.1) is 12.0 Å². The van der Waals surface area contributed by atoms with Crippen LogP contribution in [0.25, 0.3) is 0 Å². The Morgan fingerprint density at radius 3 is 2.60 bits per heavy atom. The first-order valence-electron chi connectivity index (χ1n) is 6.19. The smallest absolute Gasteiger partial charge is 0.421 e. The van der Waals surface area contributed by atoms with Gasteiger partial charge in [-0.05, 0) is 25.7 Å². The number of nitrogens with zero attached hydrogens (tertiary/aromatic N) is 1. The summed E-state index contributed by atoms with van der Waals surface area (Å²) < 4.78 is 31.6. The van der Waals surface area contributed by atoms with E-state index in [1.807, 2.05) is 0 Å². The van der Waals surface area contributed by atoms with E-state index in [1.165, 1.54) is 11.8 Å². The van der Waals surface area contributed by atoms with Gasteiger partial charge in [0, 0.05) is 5.75 Å². The number of amides is 1. The number of carbonyl (C=O) groups is 2. The van der Waals surface area contributed by atoms with E-state index in [-0.39, 0.29) is 18.3 Å². The van der Waals surface area contributed by atoms with E-state index >= 15 is 0 Å². The second-order valence-electron chi connectivity index (χ2n) is 4.57. The lowest BCUT2D eigenvalue weighted by Crippen LogP contribution is -2.52. The maximum Gasteiger partial charge on any atom is 0.421 e. The summed E-state index contributed by atoms with van der Waals surface area (Å²) in [7, 11) is -4.22. The van der Waals surface area contributed by atoms with Crippen LogP contribution in [0, 0.1) is 5.92 Å². The number of carbonyl (C=O) groups excluding carboxylic acids is 1. The molecule has 20 heavy (non-hydrogen) atoms. The fourth-order valence-corrected chi connectivity index (χ4v) is 5.50. The zero-order valence-corrected chi connectivity index (χ0v) is 12.4. The molecule has 2 rings (SSSR count). The predicted molar refractivity (Wildman–Crippen MR) is 71.3 cm³/mol. The molecule has 1 amide bonds. The van der Waals surface area contributed by atoms with Crippen molar-refractivity contribution in [2.24, 2.45) is 5.92 Å². The highest BCUT2D eigenvalue weighted by Gasteiger charge is 2.51. The van der Waals surface area contributed by atoms with Crippen molar-refractivity contribution in [1.82, 2.24) is 9.03 Å². The molecule has 8 nitrogen and oxygen atoms in total. The third kappa shape index (κ3) is 3.18. The number of hydrogen-bond donors (Lipinski definition) is 2. The molecular weight excluding hydrogens is 308 g/mol. The largest absolute Gasteiger partial charge is 0.480 e. The van der Waals surface area contributed by atoms with Crippen LogP contribution in [-0.2, 0) is 19.7 Å². The van der Waals surface area contributed by atoms with Gasteiger partial charge in [-0.15, -0.1) is 11.8 Å². The summed E-state index contributed by atoms with van der Waals surface area (Å²) >= 11 is 1.30. The van der Waals surface area contributed by atoms with Crippen LogP contribution in [0.2, 0.25) is 0 Å². The van der Waals surface area contributed by atoms with Crippen LogP contribution in [0.1, 0.15) is 19.8 Å². The second-order valence-corrected chi connectivity index (χ2v) is 7.30. The van der Waals surface area contributed by atoms with Crippen molar-refractivity contribution >= 4 is 34.0 Å². The van der Waals surface area contributed by atoms with Crippen LogP contribution in [0.5, 0.6) is 0 Å². The maximum atomic E-state index is 12.2. The van der Waals surface area contributed by atoms with E-state index in [0.29, 0.717) is 0 Å². The van der Waals surface area contributed by atoms with Gasteiger partial charge in [0.1, 0.15) is 6.04 Å².